The van der Waals surface area contributed by atoms with E-state index in [2.05, 4.69) is 9.97 Å². The van der Waals surface area contributed by atoms with Gasteiger partial charge < -0.3 is 10.0 Å². The third-order valence-electron chi connectivity index (χ3n) is 4.05. The molecule has 0 unspecified atom stereocenters. The second-order valence-corrected chi connectivity index (χ2v) is 7.37. The molecule has 24 heavy (non-hydrogen) atoms. The SMILES string of the molecule is O=C(c1cccs1)c1nc(N2CCC[C@@H]2C(=O)O)nc2ccsc12. The van der Waals surface area contributed by atoms with Crippen LogP contribution < -0.4 is 4.90 Å². The van der Waals surface area contributed by atoms with Crippen molar-refractivity contribution < 1.29 is 14.7 Å². The van der Waals surface area contributed by atoms with E-state index >= 15 is 0 Å². The van der Waals surface area contributed by atoms with E-state index in [0.717, 1.165) is 11.1 Å². The second-order valence-electron chi connectivity index (χ2n) is 5.50. The molecule has 3 aromatic heterocycles. The largest absolute Gasteiger partial charge is 0.480 e. The number of rotatable bonds is 4. The Morgan fingerprint density at radius 1 is 1.21 bits per heavy atom. The summed E-state index contributed by atoms with van der Waals surface area (Å²) in [6.07, 6.45) is 1.34. The molecule has 4 rings (SSSR count). The Morgan fingerprint density at radius 2 is 2.08 bits per heavy atom. The van der Waals surface area contributed by atoms with Crippen molar-refractivity contribution in [3.05, 3.63) is 39.5 Å². The van der Waals surface area contributed by atoms with E-state index in [4.69, 9.17) is 0 Å². The zero-order valence-corrected chi connectivity index (χ0v) is 14.1. The highest BCUT2D eigenvalue weighted by atomic mass is 32.1. The fourth-order valence-electron chi connectivity index (χ4n) is 2.92. The van der Waals surface area contributed by atoms with Gasteiger partial charge in [-0.2, -0.15) is 0 Å². The van der Waals surface area contributed by atoms with E-state index in [9.17, 15) is 14.7 Å². The van der Waals surface area contributed by atoms with E-state index in [1.807, 2.05) is 22.9 Å². The number of hydrogen-bond acceptors (Lipinski definition) is 7. The van der Waals surface area contributed by atoms with Gasteiger partial charge in [-0.15, -0.1) is 22.7 Å². The number of nitrogens with zero attached hydrogens (tertiary/aromatic N) is 3. The molecule has 1 aliphatic heterocycles. The van der Waals surface area contributed by atoms with Gasteiger partial charge in [0, 0.05) is 6.54 Å². The lowest BCUT2D eigenvalue weighted by Crippen LogP contribution is -2.37. The van der Waals surface area contributed by atoms with Crippen LogP contribution in [0.4, 0.5) is 5.95 Å². The zero-order valence-electron chi connectivity index (χ0n) is 12.5. The van der Waals surface area contributed by atoms with Crippen LogP contribution >= 0.6 is 22.7 Å². The summed E-state index contributed by atoms with van der Waals surface area (Å²) in [6, 6.07) is 4.80. The van der Waals surface area contributed by atoms with Crippen LogP contribution in [0.1, 0.15) is 28.2 Å². The second kappa shape index (κ2) is 5.95. The maximum absolute atomic E-state index is 12.8. The molecule has 0 aliphatic carbocycles. The van der Waals surface area contributed by atoms with E-state index in [1.54, 1.807) is 11.0 Å². The first-order valence-corrected chi connectivity index (χ1v) is 9.24. The maximum atomic E-state index is 12.8. The molecule has 0 saturated carbocycles. The van der Waals surface area contributed by atoms with Crippen LogP contribution in [0.25, 0.3) is 10.2 Å². The number of carbonyl (C=O) groups excluding carboxylic acids is 1. The van der Waals surface area contributed by atoms with Crippen molar-refractivity contribution in [2.24, 2.45) is 0 Å². The minimum atomic E-state index is -0.882. The Labute approximate surface area is 145 Å². The summed E-state index contributed by atoms with van der Waals surface area (Å²) < 4.78 is 0.739. The van der Waals surface area contributed by atoms with Gasteiger partial charge in [-0.05, 0) is 35.7 Å². The summed E-state index contributed by atoms with van der Waals surface area (Å²) in [5, 5.41) is 13.1. The summed E-state index contributed by atoms with van der Waals surface area (Å²) >= 11 is 2.79. The molecular weight excluding hydrogens is 346 g/mol. The number of anilines is 1. The van der Waals surface area contributed by atoms with Crippen LogP contribution in [0.15, 0.2) is 29.0 Å². The molecular formula is C16H13N3O3S2. The van der Waals surface area contributed by atoms with Gasteiger partial charge in [0.15, 0.2) is 0 Å². The van der Waals surface area contributed by atoms with Crippen molar-refractivity contribution in [3.8, 4) is 0 Å². The topological polar surface area (TPSA) is 83.4 Å². The van der Waals surface area contributed by atoms with Crippen molar-refractivity contribution in [1.82, 2.24) is 9.97 Å². The number of aromatic nitrogens is 2. The molecule has 0 aromatic carbocycles. The maximum Gasteiger partial charge on any atom is 0.326 e. The highest BCUT2D eigenvalue weighted by Crippen LogP contribution is 2.30. The monoisotopic (exact) mass is 359 g/mol. The molecule has 0 spiro atoms. The van der Waals surface area contributed by atoms with Crippen LogP contribution in [0, 0.1) is 0 Å². The fourth-order valence-corrected chi connectivity index (χ4v) is 4.40. The first kappa shape index (κ1) is 15.2. The summed E-state index contributed by atoms with van der Waals surface area (Å²) in [5.41, 5.74) is 1.03. The normalized spacial score (nSPS) is 17.5. The summed E-state index contributed by atoms with van der Waals surface area (Å²) in [6.45, 7) is 0.583. The van der Waals surface area contributed by atoms with Crippen LogP contribution in [0.5, 0.6) is 0 Å². The van der Waals surface area contributed by atoms with Crippen molar-refractivity contribution in [3.63, 3.8) is 0 Å². The number of aliphatic carboxylic acids is 1. The third kappa shape index (κ3) is 2.47. The number of fused-ring (bicyclic) bond motifs is 1. The lowest BCUT2D eigenvalue weighted by molar-refractivity contribution is -0.138. The predicted molar refractivity (Wildman–Crippen MR) is 93.2 cm³/mol. The smallest absolute Gasteiger partial charge is 0.326 e. The van der Waals surface area contributed by atoms with Gasteiger partial charge in [-0.25, -0.2) is 14.8 Å². The van der Waals surface area contributed by atoms with Crippen molar-refractivity contribution in [2.45, 2.75) is 18.9 Å². The average Bonchev–Trinajstić information content (AvgIpc) is 3.33. The van der Waals surface area contributed by atoms with Crippen LogP contribution in [0.2, 0.25) is 0 Å². The third-order valence-corrected chi connectivity index (χ3v) is 5.83. The molecule has 1 saturated heterocycles. The average molecular weight is 359 g/mol. The van der Waals surface area contributed by atoms with Crippen LogP contribution in [0.3, 0.4) is 0 Å². The van der Waals surface area contributed by atoms with E-state index in [0.29, 0.717) is 35.0 Å². The molecule has 1 N–H and O–H groups in total. The highest BCUT2D eigenvalue weighted by molar-refractivity contribution is 7.17. The minimum Gasteiger partial charge on any atom is -0.480 e. The highest BCUT2D eigenvalue weighted by Gasteiger charge is 2.33. The Morgan fingerprint density at radius 3 is 2.83 bits per heavy atom. The first-order valence-electron chi connectivity index (χ1n) is 7.48. The number of thiophene rings is 2. The van der Waals surface area contributed by atoms with E-state index < -0.39 is 12.0 Å². The van der Waals surface area contributed by atoms with Crippen LogP contribution in [-0.4, -0.2) is 39.4 Å². The van der Waals surface area contributed by atoms with Gasteiger partial charge in [0.25, 0.3) is 0 Å². The van der Waals surface area contributed by atoms with Gasteiger partial charge >= 0.3 is 5.97 Å². The molecule has 122 valence electrons. The molecule has 0 bridgehead atoms. The minimum absolute atomic E-state index is 0.146. The summed E-state index contributed by atoms with van der Waals surface area (Å²) in [4.78, 5) is 35.5. The fraction of sp³-hybridized carbons (Fsp3) is 0.250. The van der Waals surface area contributed by atoms with E-state index in [1.165, 1.54) is 22.7 Å². The lowest BCUT2D eigenvalue weighted by atomic mass is 10.2. The number of hydrogen-bond donors (Lipinski definition) is 1. The molecule has 0 amide bonds. The van der Waals surface area contributed by atoms with Gasteiger partial charge in [-0.3, -0.25) is 4.79 Å². The molecule has 6 nitrogen and oxygen atoms in total. The molecule has 1 atom stereocenters. The Hall–Kier alpha value is -2.32. The lowest BCUT2D eigenvalue weighted by Gasteiger charge is -2.21. The van der Waals surface area contributed by atoms with Gasteiger partial charge in [-0.1, -0.05) is 6.07 Å². The van der Waals surface area contributed by atoms with Crippen molar-refractivity contribution >= 4 is 50.6 Å². The van der Waals surface area contributed by atoms with E-state index in [-0.39, 0.29) is 5.78 Å². The first-order chi connectivity index (χ1) is 11.6. The zero-order chi connectivity index (χ0) is 16.7. The number of ketones is 1. The molecule has 1 fully saturated rings. The molecule has 4 heterocycles. The van der Waals surface area contributed by atoms with Gasteiger partial charge in [0.1, 0.15) is 11.7 Å². The molecule has 0 radical (unpaired) electrons. The predicted octanol–water partition coefficient (Wildman–Crippen LogP) is 3.04. The molecule has 8 heteroatoms. The Bertz CT molecular complexity index is 920. The number of carboxylic acid groups (broad SMARTS) is 1. The van der Waals surface area contributed by atoms with Crippen molar-refractivity contribution in [1.29, 1.82) is 0 Å². The molecule has 1 aliphatic rings. The number of carbonyl (C=O) groups is 2. The number of carboxylic acids is 1. The van der Waals surface area contributed by atoms with Crippen LogP contribution in [-0.2, 0) is 4.79 Å². The van der Waals surface area contributed by atoms with Crippen molar-refractivity contribution in [2.75, 3.05) is 11.4 Å². The molecule has 3 aromatic rings. The van der Waals surface area contributed by atoms with Gasteiger partial charge in [0.2, 0.25) is 11.7 Å². The van der Waals surface area contributed by atoms with Gasteiger partial charge in [0.05, 0.1) is 15.1 Å². The summed E-state index contributed by atoms with van der Waals surface area (Å²) in [7, 11) is 0. The summed E-state index contributed by atoms with van der Waals surface area (Å²) in [5.74, 6) is -0.703. The standard InChI is InChI=1S/C16H13N3O3S2/c20-13(11-4-2-7-23-11)12-14-9(5-8-24-14)17-16(18-12)19-6-1-3-10(19)15(21)22/h2,4-5,7-8,10H,1,3,6H2,(H,21,22)/t10-/m1/s1. The Balaban J connectivity index is 1.84. The Kier molecular flexibility index (Phi) is 3.78. The quantitative estimate of drug-likeness (QED) is 0.721.